The molecule has 0 aromatic heterocycles. The maximum absolute atomic E-state index is 5.96. The first-order valence-corrected chi connectivity index (χ1v) is 9.00. The third-order valence-corrected chi connectivity index (χ3v) is 5.48. The average molecular weight is 351 g/mol. The Labute approximate surface area is 135 Å². The highest BCUT2D eigenvalue weighted by Crippen LogP contribution is 2.35. The molecular formula is C17H23BrN2O. The topological polar surface area (TPSA) is 24.5 Å². The standard InChI is InChI=1S/C17H23BrN2O/c18-13-4-7-15(12(10-13)11-19-14-5-6-14)20-8-9-21-17-3-1-2-16(17)20/h4,7,10,14,16-17,19H,1-3,5-6,8-9,11H2. The third-order valence-electron chi connectivity index (χ3n) is 4.99. The zero-order valence-electron chi connectivity index (χ0n) is 12.4. The molecule has 1 aromatic rings. The second-order valence-electron chi connectivity index (χ2n) is 6.53. The van der Waals surface area contributed by atoms with Gasteiger partial charge in [-0.3, -0.25) is 0 Å². The molecule has 1 saturated heterocycles. The van der Waals surface area contributed by atoms with Crippen molar-refractivity contribution in [2.45, 2.75) is 56.8 Å². The highest BCUT2D eigenvalue weighted by molar-refractivity contribution is 9.10. The lowest BCUT2D eigenvalue weighted by Gasteiger charge is -2.40. The molecule has 1 aromatic carbocycles. The fourth-order valence-electron chi connectivity index (χ4n) is 3.74. The van der Waals surface area contributed by atoms with Gasteiger partial charge in [0.1, 0.15) is 0 Å². The van der Waals surface area contributed by atoms with Gasteiger partial charge < -0.3 is 15.0 Å². The molecule has 4 rings (SSSR count). The van der Waals surface area contributed by atoms with E-state index >= 15 is 0 Å². The monoisotopic (exact) mass is 350 g/mol. The van der Waals surface area contributed by atoms with Gasteiger partial charge in [-0.1, -0.05) is 15.9 Å². The fourth-order valence-corrected chi connectivity index (χ4v) is 4.15. The molecule has 1 N–H and O–H groups in total. The van der Waals surface area contributed by atoms with Crippen molar-refractivity contribution in [2.24, 2.45) is 0 Å². The first kappa shape index (κ1) is 14.0. The minimum Gasteiger partial charge on any atom is -0.374 e. The molecule has 2 atom stereocenters. The van der Waals surface area contributed by atoms with Crippen molar-refractivity contribution in [2.75, 3.05) is 18.1 Å². The molecule has 3 aliphatic rings. The van der Waals surface area contributed by atoms with Crippen LogP contribution in [0.1, 0.15) is 37.7 Å². The Morgan fingerprint density at radius 2 is 2.14 bits per heavy atom. The molecule has 0 radical (unpaired) electrons. The summed E-state index contributed by atoms with van der Waals surface area (Å²) in [5, 5.41) is 3.66. The van der Waals surface area contributed by atoms with Crippen molar-refractivity contribution in [3.63, 3.8) is 0 Å². The second kappa shape index (κ2) is 5.90. The summed E-state index contributed by atoms with van der Waals surface area (Å²) >= 11 is 3.63. The molecule has 3 nitrogen and oxygen atoms in total. The summed E-state index contributed by atoms with van der Waals surface area (Å²) in [6.07, 6.45) is 6.94. The Kier molecular flexibility index (Phi) is 3.94. The number of hydrogen-bond donors (Lipinski definition) is 1. The van der Waals surface area contributed by atoms with Crippen LogP contribution in [0.4, 0.5) is 5.69 Å². The van der Waals surface area contributed by atoms with E-state index in [1.807, 2.05) is 0 Å². The van der Waals surface area contributed by atoms with Gasteiger partial charge in [0.2, 0.25) is 0 Å². The van der Waals surface area contributed by atoms with Crippen molar-refractivity contribution in [1.29, 1.82) is 0 Å². The van der Waals surface area contributed by atoms with Crippen LogP contribution in [0.2, 0.25) is 0 Å². The highest BCUT2D eigenvalue weighted by atomic mass is 79.9. The lowest BCUT2D eigenvalue weighted by atomic mass is 10.1. The summed E-state index contributed by atoms with van der Waals surface area (Å²) in [6, 6.07) is 8.08. The summed E-state index contributed by atoms with van der Waals surface area (Å²) in [5.41, 5.74) is 2.83. The molecule has 4 heteroatoms. The van der Waals surface area contributed by atoms with E-state index in [9.17, 15) is 0 Å². The lowest BCUT2D eigenvalue weighted by Crippen LogP contribution is -2.49. The average Bonchev–Trinajstić information content (AvgIpc) is 3.20. The van der Waals surface area contributed by atoms with Crippen LogP contribution in [0.5, 0.6) is 0 Å². The number of ether oxygens (including phenoxy) is 1. The van der Waals surface area contributed by atoms with E-state index in [1.165, 1.54) is 47.8 Å². The van der Waals surface area contributed by atoms with Gasteiger partial charge in [0.05, 0.1) is 18.8 Å². The zero-order valence-corrected chi connectivity index (χ0v) is 13.9. The Hall–Kier alpha value is -0.580. The number of halogens is 1. The molecular weight excluding hydrogens is 328 g/mol. The van der Waals surface area contributed by atoms with Gasteiger partial charge in [-0.2, -0.15) is 0 Å². The predicted octanol–water partition coefficient (Wildman–Crippen LogP) is 3.46. The van der Waals surface area contributed by atoms with Crippen LogP contribution in [0, 0.1) is 0 Å². The molecule has 2 aliphatic carbocycles. The molecule has 1 heterocycles. The number of nitrogens with one attached hydrogen (secondary N) is 1. The quantitative estimate of drug-likeness (QED) is 0.899. The number of benzene rings is 1. The van der Waals surface area contributed by atoms with Crippen LogP contribution in [-0.2, 0) is 11.3 Å². The number of nitrogens with zero attached hydrogens (tertiary/aromatic N) is 1. The molecule has 21 heavy (non-hydrogen) atoms. The molecule has 0 spiro atoms. The molecule has 3 fully saturated rings. The van der Waals surface area contributed by atoms with E-state index in [1.54, 1.807) is 0 Å². The van der Waals surface area contributed by atoms with Crippen molar-refractivity contribution in [3.8, 4) is 0 Å². The summed E-state index contributed by atoms with van der Waals surface area (Å²) in [7, 11) is 0. The highest BCUT2D eigenvalue weighted by Gasteiger charge is 2.36. The van der Waals surface area contributed by atoms with Gasteiger partial charge in [-0.15, -0.1) is 0 Å². The molecule has 0 amide bonds. The van der Waals surface area contributed by atoms with Gasteiger partial charge >= 0.3 is 0 Å². The van der Waals surface area contributed by atoms with E-state index in [0.29, 0.717) is 12.1 Å². The first-order valence-electron chi connectivity index (χ1n) is 8.21. The number of anilines is 1. The number of rotatable bonds is 4. The normalized spacial score (nSPS) is 28.7. The molecule has 0 bridgehead atoms. The maximum Gasteiger partial charge on any atom is 0.0779 e. The van der Waals surface area contributed by atoms with Gasteiger partial charge in [-0.05, 0) is 55.9 Å². The molecule has 2 saturated carbocycles. The summed E-state index contributed by atoms with van der Waals surface area (Å²) in [4.78, 5) is 2.61. The Morgan fingerprint density at radius 1 is 1.24 bits per heavy atom. The van der Waals surface area contributed by atoms with E-state index < -0.39 is 0 Å². The minimum atomic E-state index is 0.451. The Balaban J connectivity index is 1.59. The van der Waals surface area contributed by atoms with Crippen LogP contribution in [-0.4, -0.2) is 31.3 Å². The largest absolute Gasteiger partial charge is 0.374 e. The second-order valence-corrected chi connectivity index (χ2v) is 7.44. The van der Waals surface area contributed by atoms with Crippen molar-refractivity contribution in [3.05, 3.63) is 28.2 Å². The first-order chi connectivity index (χ1) is 10.3. The number of morpholine rings is 1. The minimum absolute atomic E-state index is 0.451. The van der Waals surface area contributed by atoms with Crippen LogP contribution < -0.4 is 10.2 Å². The van der Waals surface area contributed by atoms with Gasteiger partial charge in [-0.25, -0.2) is 0 Å². The Bertz CT molecular complexity index is 518. The van der Waals surface area contributed by atoms with Gasteiger partial charge in [0.15, 0.2) is 0 Å². The smallest absolute Gasteiger partial charge is 0.0779 e. The molecule has 114 valence electrons. The fraction of sp³-hybridized carbons (Fsp3) is 0.647. The maximum atomic E-state index is 5.96. The van der Waals surface area contributed by atoms with Crippen LogP contribution in [0.3, 0.4) is 0 Å². The van der Waals surface area contributed by atoms with Crippen LogP contribution in [0.25, 0.3) is 0 Å². The summed E-state index contributed by atoms with van der Waals surface area (Å²) in [6.45, 7) is 2.88. The van der Waals surface area contributed by atoms with Gasteiger partial charge in [0, 0.05) is 29.3 Å². The van der Waals surface area contributed by atoms with E-state index in [4.69, 9.17) is 4.74 Å². The molecule has 2 unspecified atom stereocenters. The SMILES string of the molecule is Brc1ccc(N2CCOC3CCCC32)c(CNC2CC2)c1. The third kappa shape index (κ3) is 2.99. The van der Waals surface area contributed by atoms with Crippen molar-refractivity contribution < 1.29 is 4.74 Å². The van der Waals surface area contributed by atoms with E-state index in [2.05, 4.69) is 44.3 Å². The van der Waals surface area contributed by atoms with Crippen molar-refractivity contribution in [1.82, 2.24) is 5.32 Å². The lowest BCUT2D eigenvalue weighted by molar-refractivity contribution is 0.0255. The number of fused-ring (bicyclic) bond motifs is 1. The van der Waals surface area contributed by atoms with Crippen LogP contribution >= 0.6 is 15.9 Å². The zero-order chi connectivity index (χ0) is 14.2. The van der Waals surface area contributed by atoms with E-state index in [-0.39, 0.29) is 0 Å². The van der Waals surface area contributed by atoms with E-state index in [0.717, 1.165) is 25.7 Å². The van der Waals surface area contributed by atoms with Crippen LogP contribution in [0.15, 0.2) is 22.7 Å². The summed E-state index contributed by atoms with van der Waals surface area (Å²) < 4.78 is 7.13. The predicted molar refractivity (Wildman–Crippen MR) is 88.7 cm³/mol. The number of hydrogen-bond acceptors (Lipinski definition) is 3. The Morgan fingerprint density at radius 3 is 3.00 bits per heavy atom. The van der Waals surface area contributed by atoms with Gasteiger partial charge in [0.25, 0.3) is 0 Å². The summed E-state index contributed by atoms with van der Waals surface area (Å²) in [5.74, 6) is 0. The molecule has 1 aliphatic heterocycles. The van der Waals surface area contributed by atoms with Crippen molar-refractivity contribution >= 4 is 21.6 Å².